The number of benzene rings is 1. The van der Waals surface area contributed by atoms with Crippen LogP contribution in [0.15, 0.2) is 48.8 Å². The van der Waals surface area contributed by atoms with E-state index >= 15 is 0 Å². The van der Waals surface area contributed by atoms with Crippen LogP contribution in [0.2, 0.25) is 0 Å². The van der Waals surface area contributed by atoms with Crippen LogP contribution in [0.3, 0.4) is 0 Å². The number of nitrogens with zero attached hydrogens (tertiary/aromatic N) is 2. The molecule has 0 spiro atoms. The van der Waals surface area contributed by atoms with Gasteiger partial charge in [0.15, 0.2) is 0 Å². The predicted molar refractivity (Wildman–Crippen MR) is 104 cm³/mol. The first kappa shape index (κ1) is 18.9. The summed E-state index contributed by atoms with van der Waals surface area (Å²) < 4.78 is 7.82. The molecule has 0 radical (unpaired) electrons. The van der Waals surface area contributed by atoms with Crippen molar-refractivity contribution in [2.24, 2.45) is 5.92 Å². The molecule has 0 aliphatic heterocycles. The fourth-order valence-electron chi connectivity index (χ4n) is 2.97. The van der Waals surface area contributed by atoms with Gasteiger partial charge >= 0.3 is 5.97 Å². The number of rotatable bonds is 8. The van der Waals surface area contributed by atoms with Gasteiger partial charge in [-0.3, -0.25) is 4.79 Å². The molecule has 0 aliphatic carbocycles. The van der Waals surface area contributed by atoms with Gasteiger partial charge in [-0.1, -0.05) is 32.0 Å². The largest absolute Gasteiger partial charge is 0.487 e. The highest BCUT2D eigenvalue weighted by molar-refractivity contribution is 5.73. The third kappa shape index (κ3) is 4.65. The number of ether oxygens (including phenoxy) is 1. The Labute approximate surface area is 158 Å². The average Bonchev–Trinajstić information content (AvgIpc) is 3.05. The van der Waals surface area contributed by atoms with Crippen LogP contribution < -0.4 is 10.1 Å². The Morgan fingerprint density at radius 2 is 2.00 bits per heavy atom. The van der Waals surface area contributed by atoms with Crippen molar-refractivity contribution in [2.75, 3.05) is 0 Å². The molecule has 0 bridgehead atoms. The van der Waals surface area contributed by atoms with E-state index in [-0.39, 0.29) is 5.92 Å². The number of carboxylic acids is 1. The van der Waals surface area contributed by atoms with E-state index in [0.29, 0.717) is 13.2 Å². The predicted octanol–water partition coefficient (Wildman–Crippen LogP) is 3.42. The maximum absolute atomic E-state index is 11.2. The second kappa shape index (κ2) is 8.22. The molecule has 2 heterocycles. The number of imidazole rings is 1. The molecule has 3 aromatic rings. The van der Waals surface area contributed by atoms with Crippen LogP contribution in [0.1, 0.15) is 30.7 Å². The molecule has 0 unspecified atom stereocenters. The first-order valence-corrected chi connectivity index (χ1v) is 9.05. The molecular weight excluding hydrogens is 342 g/mol. The molecule has 1 aromatic carbocycles. The molecule has 3 rings (SSSR count). The number of carbonyl (C=O) groups is 1. The van der Waals surface area contributed by atoms with Crippen LogP contribution in [0.5, 0.6) is 5.75 Å². The second-order valence-corrected chi connectivity index (χ2v) is 7.03. The van der Waals surface area contributed by atoms with Gasteiger partial charge in [0, 0.05) is 18.9 Å². The molecule has 1 atom stereocenters. The molecule has 6 heteroatoms. The van der Waals surface area contributed by atoms with Gasteiger partial charge in [0.25, 0.3) is 0 Å². The van der Waals surface area contributed by atoms with E-state index < -0.39 is 12.0 Å². The van der Waals surface area contributed by atoms with Gasteiger partial charge in [-0.2, -0.15) is 0 Å². The zero-order valence-corrected chi connectivity index (χ0v) is 15.8. The summed E-state index contributed by atoms with van der Waals surface area (Å²) in [6.45, 7) is 6.72. The van der Waals surface area contributed by atoms with Crippen LogP contribution >= 0.6 is 0 Å². The fraction of sp³-hybridized carbons (Fsp3) is 0.333. The van der Waals surface area contributed by atoms with E-state index in [2.05, 4.69) is 10.3 Å². The van der Waals surface area contributed by atoms with E-state index in [0.717, 1.165) is 28.2 Å². The second-order valence-electron chi connectivity index (χ2n) is 7.03. The van der Waals surface area contributed by atoms with Crippen molar-refractivity contribution >= 4 is 11.6 Å². The number of fused-ring (bicyclic) bond motifs is 1. The van der Waals surface area contributed by atoms with E-state index in [1.54, 1.807) is 0 Å². The van der Waals surface area contributed by atoms with Crippen molar-refractivity contribution in [3.05, 3.63) is 65.6 Å². The standard InChI is InChI=1S/C21H25N3O3/c1-14(2)19(21(25)26)22-11-16-6-8-18(9-7-16)27-13-17-12-24-10-4-5-15(3)20(24)23-17/h4-10,12,14,19,22H,11,13H2,1-3H3,(H,25,26)/t19-/m0/s1. The molecule has 0 saturated heterocycles. The van der Waals surface area contributed by atoms with Gasteiger partial charge in [0.2, 0.25) is 0 Å². The first-order chi connectivity index (χ1) is 12.9. The van der Waals surface area contributed by atoms with Gasteiger partial charge < -0.3 is 19.6 Å². The van der Waals surface area contributed by atoms with Crippen molar-refractivity contribution in [3.8, 4) is 5.75 Å². The van der Waals surface area contributed by atoms with Crippen molar-refractivity contribution in [3.63, 3.8) is 0 Å². The topological polar surface area (TPSA) is 75.9 Å². The molecule has 27 heavy (non-hydrogen) atoms. The maximum atomic E-state index is 11.2. The van der Waals surface area contributed by atoms with Crippen LogP contribution in [-0.4, -0.2) is 26.5 Å². The van der Waals surface area contributed by atoms with E-state index in [1.807, 2.05) is 74.0 Å². The minimum atomic E-state index is -0.826. The minimum absolute atomic E-state index is 0.0270. The quantitative estimate of drug-likeness (QED) is 0.638. The molecule has 0 aliphatic rings. The average molecular weight is 367 g/mol. The summed E-state index contributed by atoms with van der Waals surface area (Å²) in [7, 11) is 0. The smallest absolute Gasteiger partial charge is 0.320 e. The fourth-order valence-corrected chi connectivity index (χ4v) is 2.97. The Bertz CT molecular complexity index is 916. The third-order valence-corrected chi connectivity index (χ3v) is 4.50. The lowest BCUT2D eigenvalue weighted by Crippen LogP contribution is -2.40. The lowest BCUT2D eigenvalue weighted by Gasteiger charge is -2.18. The van der Waals surface area contributed by atoms with Crippen LogP contribution in [0.4, 0.5) is 0 Å². The summed E-state index contributed by atoms with van der Waals surface area (Å²) in [6, 6.07) is 11.1. The first-order valence-electron chi connectivity index (χ1n) is 9.05. The van der Waals surface area contributed by atoms with Crippen molar-refractivity contribution in [2.45, 2.75) is 40.0 Å². The Balaban J connectivity index is 1.57. The molecule has 0 amide bonds. The summed E-state index contributed by atoms with van der Waals surface area (Å²) in [6.07, 6.45) is 3.95. The van der Waals surface area contributed by atoms with Crippen LogP contribution in [0.25, 0.3) is 5.65 Å². The normalized spacial score (nSPS) is 12.4. The maximum Gasteiger partial charge on any atom is 0.320 e. The summed E-state index contributed by atoms with van der Waals surface area (Å²) in [5.74, 6) is -0.0435. The highest BCUT2D eigenvalue weighted by Gasteiger charge is 2.20. The van der Waals surface area contributed by atoms with Crippen molar-refractivity contribution in [1.29, 1.82) is 0 Å². The molecule has 142 valence electrons. The Hall–Kier alpha value is -2.86. The van der Waals surface area contributed by atoms with Gasteiger partial charge in [0.05, 0.1) is 5.69 Å². The highest BCUT2D eigenvalue weighted by atomic mass is 16.5. The highest BCUT2D eigenvalue weighted by Crippen LogP contribution is 2.16. The zero-order valence-electron chi connectivity index (χ0n) is 15.8. The van der Waals surface area contributed by atoms with Gasteiger partial charge in [0.1, 0.15) is 24.0 Å². The van der Waals surface area contributed by atoms with Gasteiger partial charge in [-0.15, -0.1) is 0 Å². The number of hydrogen-bond acceptors (Lipinski definition) is 4. The lowest BCUT2D eigenvalue weighted by atomic mass is 10.0. The molecule has 2 aromatic heterocycles. The summed E-state index contributed by atoms with van der Waals surface area (Å²) in [5, 5.41) is 12.3. The summed E-state index contributed by atoms with van der Waals surface area (Å²) in [5.41, 5.74) is 3.95. The molecular formula is C21H25N3O3. The number of pyridine rings is 1. The Kier molecular flexibility index (Phi) is 5.76. The summed E-state index contributed by atoms with van der Waals surface area (Å²) in [4.78, 5) is 15.8. The number of carboxylic acid groups (broad SMARTS) is 1. The minimum Gasteiger partial charge on any atom is -0.487 e. The van der Waals surface area contributed by atoms with Gasteiger partial charge in [-0.25, -0.2) is 4.98 Å². The van der Waals surface area contributed by atoms with E-state index in [9.17, 15) is 9.90 Å². The number of hydrogen-bond donors (Lipinski definition) is 2. The zero-order chi connectivity index (χ0) is 19.4. The van der Waals surface area contributed by atoms with Gasteiger partial charge in [-0.05, 0) is 42.2 Å². The Morgan fingerprint density at radius 3 is 2.63 bits per heavy atom. The molecule has 0 saturated carbocycles. The number of aromatic nitrogens is 2. The third-order valence-electron chi connectivity index (χ3n) is 4.50. The van der Waals surface area contributed by atoms with E-state index in [4.69, 9.17) is 4.74 Å². The molecule has 0 fully saturated rings. The molecule has 6 nitrogen and oxygen atoms in total. The SMILES string of the molecule is Cc1cccn2cc(COc3ccc(CN[C@H](C(=O)O)C(C)C)cc3)nc12. The van der Waals surface area contributed by atoms with Crippen LogP contribution in [-0.2, 0) is 17.9 Å². The van der Waals surface area contributed by atoms with E-state index in [1.165, 1.54) is 0 Å². The Morgan fingerprint density at radius 1 is 1.26 bits per heavy atom. The van der Waals surface area contributed by atoms with Crippen molar-refractivity contribution in [1.82, 2.24) is 14.7 Å². The lowest BCUT2D eigenvalue weighted by molar-refractivity contribution is -0.140. The number of nitrogens with one attached hydrogen (secondary N) is 1. The van der Waals surface area contributed by atoms with Crippen LogP contribution in [0, 0.1) is 12.8 Å². The number of aryl methyl sites for hydroxylation is 1. The summed E-state index contributed by atoms with van der Waals surface area (Å²) >= 11 is 0. The van der Waals surface area contributed by atoms with Crippen molar-refractivity contribution < 1.29 is 14.6 Å². The molecule has 2 N–H and O–H groups in total. The number of aliphatic carboxylic acids is 1. The monoisotopic (exact) mass is 367 g/mol.